The molecule has 1 N–H and O–H groups in total. The van der Waals surface area contributed by atoms with E-state index in [-0.39, 0.29) is 26.1 Å². The van der Waals surface area contributed by atoms with Crippen molar-refractivity contribution in [3.05, 3.63) is 132 Å². The maximum Gasteiger partial charge on any atom is 0.243 e. The Bertz CT molecular complexity index is 1510. The first kappa shape index (κ1) is 29.7. The van der Waals surface area contributed by atoms with Gasteiger partial charge in [0.05, 0.1) is 25.6 Å². The predicted molar refractivity (Wildman–Crippen MR) is 153 cm³/mol. The number of nitrogens with one attached hydrogen (secondary N) is 1. The van der Waals surface area contributed by atoms with Crippen molar-refractivity contribution in [2.24, 2.45) is 0 Å². The zero-order valence-electron chi connectivity index (χ0n) is 22.6. The molecule has 0 saturated heterocycles. The molecular weight excluding hydrogens is 545 g/mol. The molecule has 0 aliphatic heterocycles. The minimum Gasteiger partial charge on any atom is -0.467 e. The number of nitrogens with zero attached hydrogens (tertiary/aromatic N) is 2. The number of amides is 2. The Balaban J connectivity index is 1.67. The molecule has 10 heteroatoms. The van der Waals surface area contributed by atoms with Crippen molar-refractivity contribution >= 4 is 21.8 Å². The van der Waals surface area contributed by atoms with E-state index in [1.54, 1.807) is 36.4 Å². The van der Waals surface area contributed by atoms with Crippen LogP contribution in [0.1, 0.15) is 22.5 Å². The molecule has 0 unspecified atom stereocenters. The zero-order valence-corrected chi connectivity index (χ0v) is 23.5. The number of rotatable bonds is 13. The number of furan rings is 1. The van der Waals surface area contributed by atoms with Gasteiger partial charge in [-0.05, 0) is 41.0 Å². The molecule has 0 bridgehead atoms. The van der Waals surface area contributed by atoms with Gasteiger partial charge in [0, 0.05) is 19.5 Å². The summed E-state index contributed by atoms with van der Waals surface area (Å²) in [6, 6.07) is 26.2. The highest BCUT2D eigenvalue weighted by Gasteiger charge is 2.33. The summed E-state index contributed by atoms with van der Waals surface area (Å²) in [5, 5.41) is 2.84. The number of benzene rings is 3. The monoisotopic (exact) mass is 577 g/mol. The van der Waals surface area contributed by atoms with Crippen LogP contribution in [0.25, 0.3) is 0 Å². The van der Waals surface area contributed by atoms with Gasteiger partial charge >= 0.3 is 0 Å². The fourth-order valence-corrected chi connectivity index (χ4v) is 5.09. The summed E-state index contributed by atoms with van der Waals surface area (Å²) in [6.45, 7) is -0.414. The summed E-state index contributed by atoms with van der Waals surface area (Å²) in [7, 11) is -3.79. The van der Waals surface area contributed by atoms with E-state index in [4.69, 9.17) is 4.42 Å². The van der Waals surface area contributed by atoms with Crippen LogP contribution >= 0.6 is 0 Å². The number of carbonyl (C=O) groups is 2. The average molecular weight is 578 g/mol. The van der Waals surface area contributed by atoms with Crippen molar-refractivity contribution in [3.63, 3.8) is 0 Å². The molecule has 0 radical (unpaired) electrons. The molecule has 4 rings (SSSR count). The van der Waals surface area contributed by atoms with Crippen molar-refractivity contribution in [1.29, 1.82) is 0 Å². The molecule has 1 heterocycles. The highest BCUT2D eigenvalue weighted by molar-refractivity contribution is 7.88. The van der Waals surface area contributed by atoms with Crippen LogP contribution in [0.15, 0.2) is 108 Å². The van der Waals surface area contributed by atoms with Gasteiger partial charge in [-0.3, -0.25) is 9.59 Å². The van der Waals surface area contributed by atoms with Gasteiger partial charge in [0.2, 0.25) is 21.8 Å². The second-order valence-corrected chi connectivity index (χ2v) is 11.6. The first-order valence-electron chi connectivity index (χ1n) is 13.1. The summed E-state index contributed by atoms with van der Waals surface area (Å²) in [6.07, 6.45) is 2.72. The molecule has 1 atom stereocenters. The first-order chi connectivity index (χ1) is 19.7. The Labute approximate surface area is 239 Å². The van der Waals surface area contributed by atoms with Gasteiger partial charge in [0.15, 0.2) is 0 Å². The number of hydrogen-bond donors (Lipinski definition) is 1. The number of hydrogen-bond acceptors (Lipinski definition) is 5. The molecule has 0 aliphatic rings. The maximum absolute atomic E-state index is 14.0. The Kier molecular flexibility index (Phi) is 10.0. The highest BCUT2D eigenvalue weighted by atomic mass is 32.2. The van der Waals surface area contributed by atoms with Crippen LogP contribution in [-0.2, 0) is 45.7 Å². The molecule has 0 spiro atoms. The van der Waals surface area contributed by atoms with Crippen molar-refractivity contribution < 1.29 is 26.8 Å². The van der Waals surface area contributed by atoms with Crippen LogP contribution in [-0.4, -0.2) is 48.3 Å². The Morgan fingerprint density at radius 3 is 2.02 bits per heavy atom. The second kappa shape index (κ2) is 13.9. The van der Waals surface area contributed by atoms with Crippen LogP contribution in [0.4, 0.5) is 4.39 Å². The van der Waals surface area contributed by atoms with Gasteiger partial charge < -0.3 is 14.6 Å². The number of halogens is 1. The smallest absolute Gasteiger partial charge is 0.243 e. The van der Waals surface area contributed by atoms with Crippen LogP contribution in [0.3, 0.4) is 0 Å². The van der Waals surface area contributed by atoms with E-state index in [9.17, 15) is 22.4 Å². The first-order valence-corrected chi connectivity index (χ1v) is 14.9. The SMILES string of the molecule is CS(=O)(=O)N(CC(=O)N(Cc1ccc(F)cc1)[C@H](Cc1ccccc1)C(=O)NCc1ccco1)Cc1ccccc1. The summed E-state index contributed by atoms with van der Waals surface area (Å²) < 4.78 is 45.6. The number of sulfonamides is 1. The Morgan fingerprint density at radius 1 is 0.829 bits per heavy atom. The van der Waals surface area contributed by atoms with Gasteiger partial charge in [0.25, 0.3) is 0 Å². The van der Waals surface area contributed by atoms with Crippen molar-refractivity contribution in [3.8, 4) is 0 Å². The second-order valence-electron chi connectivity index (χ2n) is 9.67. The summed E-state index contributed by atoms with van der Waals surface area (Å²) in [5.74, 6) is -0.895. The van der Waals surface area contributed by atoms with Crippen LogP contribution in [0.5, 0.6) is 0 Å². The minimum absolute atomic E-state index is 0.0101. The molecule has 8 nitrogen and oxygen atoms in total. The van der Waals surface area contributed by atoms with E-state index in [2.05, 4.69) is 5.32 Å². The predicted octanol–water partition coefficient (Wildman–Crippen LogP) is 4.14. The number of carbonyl (C=O) groups excluding carboxylic acids is 2. The van der Waals surface area contributed by atoms with Gasteiger partial charge in [-0.15, -0.1) is 0 Å². The molecule has 214 valence electrons. The van der Waals surface area contributed by atoms with Crippen LogP contribution in [0, 0.1) is 5.82 Å². The highest BCUT2D eigenvalue weighted by Crippen LogP contribution is 2.18. The van der Waals surface area contributed by atoms with Gasteiger partial charge in [-0.25, -0.2) is 12.8 Å². The van der Waals surface area contributed by atoms with E-state index in [0.29, 0.717) is 16.9 Å². The van der Waals surface area contributed by atoms with Gasteiger partial charge in [-0.1, -0.05) is 72.8 Å². The third kappa shape index (κ3) is 8.86. The van der Waals surface area contributed by atoms with Crippen LogP contribution in [0.2, 0.25) is 0 Å². The van der Waals surface area contributed by atoms with E-state index >= 15 is 0 Å². The lowest BCUT2D eigenvalue weighted by atomic mass is 10.0. The topological polar surface area (TPSA) is 99.9 Å². The zero-order chi connectivity index (χ0) is 29.2. The molecule has 0 fully saturated rings. The lowest BCUT2D eigenvalue weighted by Crippen LogP contribution is -2.53. The maximum atomic E-state index is 14.0. The normalized spacial score (nSPS) is 12.2. The standard InChI is InChI=1S/C31H32FN3O5S/c1-41(38,39)34(21-25-11-6-3-7-12-25)23-30(36)35(22-26-14-16-27(32)17-15-26)29(19-24-9-4-2-5-10-24)31(37)33-20-28-13-8-18-40-28/h2-18,29H,19-23H2,1H3,(H,33,37)/t29-/m1/s1. The average Bonchev–Trinajstić information content (AvgIpc) is 3.49. The molecule has 0 aliphatic carbocycles. The van der Waals surface area contributed by atoms with Gasteiger partial charge in [0.1, 0.15) is 17.6 Å². The van der Waals surface area contributed by atoms with Crippen molar-refractivity contribution in [1.82, 2.24) is 14.5 Å². The fraction of sp³-hybridized carbons (Fsp3) is 0.226. The summed E-state index contributed by atoms with van der Waals surface area (Å²) in [5.41, 5.74) is 2.12. The van der Waals surface area contributed by atoms with Crippen LogP contribution < -0.4 is 5.32 Å². The van der Waals surface area contributed by atoms with E-state index in [1.807, 2.05) is 36.4 Å². The molecule has 2 amide bonds. The third-order valence-corrected chi connectivity index (χ3v) is 7.73. The fourth-order valence-electron chi connectivity index (χ4n) is 4.36. The van der Waals surface area contributed by atoms with Crippen molar-refractivity contribution in [2.45, 2.75) is 32.1 Å². The van der Waals surface area contributed by atoms with E-state index in [0.717, 1.165) is 16.1 Å². The van der Waals surface area contributed by atoms with E-state index < -0.39 is 40.2 Å². The largest absolute Gasteiger partial charge is 0.467 e. The Hall–Kier alpha value is -4.28. The van der Waals surface area contributed by atoms with Gasteiger partial charge in [-0.2, -0.15) is 4.31 Å². The lowest BCUT2D eigenvalue weighted by Gasteiger charge is -2.33. The Morgan fingerprint density at radius 2 is 1.44 bits per heavy atom. The summed E-state index contributed by atoms with van der Waals surface area (Å²) >= 11 is 0. The molecule has 0 saturated carbocycles. The third-order valence-electron chi connectivity index (χ3n) is 6.54. The lowest BCUT2D eigenvalue weighted by molar-refractivity contribution is -0.141. The molecule has 3 aromatic carbocycles. The summed E-state index contributed by atoms with van der Waals surface area (Å²) in [4.78, 5) is 29.0. The quantitative estimate of drug-likeness (QED) is 0.258. The molecular formula is C31H32FN3O5S. The minimum atomic E-state index is -3.79. The van der Waals surface area contributed by atoms with Crippen molar-refractivity contribution in [2.75, 3.05) is 12.8 Å². The molecule has 4 aromatic rings. The molecule has 41 heavy (non-hydrogen) atoms. The molecule has 1 aromatic heterocycles. The van der Waals surface area contributed by atoms with E-state index in [1.165, 1.54) is 35.4 Å².